The SMILES string of the molecule is C=C/C1=N/C(=C)C2C(CCc3ccc4c(oc5nc(-c6ccccc6)ccc54)c31)c1cc3ccccc3cc1-c1cc(CC(C)C)c([Si](C)(C)C)c[n+]12. The van der Waals surface area contributed by atoms with Crippen LogP contribution < -0.4 is 9.75 Å². The first-order chi connectivity index (χ1) is 25.6. The molecule has 4 nitrogen and oxygen atoms in total. The van der Waals surface area contributed by atoms with E-state index in [4.69, 9.17) is 21.0 Å². The molecule has 0 N–H and O–H groups in total. The van der Waals surface area contributed by atoms with E-state index in [0.717, 1.165) is 63.8 Å². The van der Waals surface area contributed by atoms with Crippen molar-refractivity contribution in [1.29, 1.82) is 0 Å². The fourth-order valence-corrected chi connectivity index (χ4v) is 10.6. The van der Waals surface area contributed by atoms with Gasteiger partial charge >= 0.3 is 0 Å². The van der Waals surface area contributed by atoms with Crippen LogP contribution in [-0.4, -0.2) is 18.8 Å². The van der Waals surface area contributed by atoms with Crippen molar-refractivity contribution in [2.45, 2.75) is 64.7 Å². The molecule has 2 atom stereocenters. The van der Waals surface area contributed by atoms with E-state index in [0.29, 0.717) is 11.6 Å². The normalized spacial score (nSPS) is 18.1. The van der Waals surface area contributed by atoms with Gasteiger partial charge in [0.15, 0.2) is 6.20 Å². The lowest BCUT2D eigenvalue weighted by atomic mass is 9.77. The molecule has 4 aromatic carbocycles. The third-order valence-corrected chi connectivity index (χ3v) is 13.4. The van der Waals surface area contributed by atoms with E-state index in [2.05, 4.69) is 130 Å². The van der Waals surface area contributed by atoms with Crippen molar-refractivity contribution in [2.24, 2.45) is 10.9 Å². The molecule has 0 bridgehead atoms. The van der Waals surface area contributed by atoms with Crippen LogP contribution in [0.15, 0.2) is 138 Å². The average Bonchev–Trinajstić information content (AvgIpc) is 3.54. The lowest BCUT2D eigenvalue weighted by molar-refractivity contribution is -0.708. The molecule has 0 radical (unpaired) electrons. The van der Waals surface area contributed by atoms with Gasteiger partial charge in [-0.1, -0.05) is 113 Å². The highest BCUT2D eigenvalue weighted by Gasteiger charge is 2.44. The fourth-order valence-electron chi connectivity index (χ4n) is 8.95. The second kappa shape index (κ2) is 12.6. The number of rotatable bonds is 5. The number of aromatic nitrogens is 2. The van der Waals surface area contributed by atoms with Crippen LogP contribution in [0.2, 0.25) is 19.6 Å². The molecule has 3 aromatic heterocycles. The number of pyridine rings is 2. The van der Waals surface area contributed by atoms with Crippen molar-refractivity contribution in [3.8, 4) is 22.5 Å². The first-order valence-electron chi connectivity index (χ1n) is 19.0. The predicted octanol–water partition coefficient (Wildman–Crippen LogP) is 11.3. The summed E-state index contributed by atoms with van der Waals surface area (Å²) in [5.41, 5.74) is 12.7. The highest BCUT2D eigenvalue weighted by atomic mass is 28.3. The monoisotopic (exact) mass is 708 g/mol. The lowest BCUT2D eigenvalue weighted by Crippen LogP contribution is -2.54. The van der Waals surface area contributed by atoms with Crippen LogP contribution in [0.4, 0.5) is 0 Å². The number of aryl methyl sites for hydroxylation is 1. The maximum Gasteiger partial charge on any atom is 0.227 e. The Bertz CT molecular complexity index is 2660. The summed E-state index contributed by atoms with van der Waals surface area (Å²) in [7, 11) is -1.72. The molecule has 2 aliphatic rings. The van der Waals surface area contributed by atoms with E-state index in [9.17, 15) is 0 Å². The molecule has 0 aliphatic carbocycles. The van der Waals surface area contributed by atoms with Gasteiger partial charge in [0, 0.05) is 33.2 Å². The maximum atomic E-state index is 6.72. The minimum absolute atomic E-state index is 0.0487. The number of nitrogens with zero attached hydrogens (tertiary/aromatic N) is 3. The summed E-state index contributed by atoms with van der Waals surface area (Å²) >= 11 is 0. The number of fused-ring (bicyclic) bond motifs is 12. The van der Waals surface area contributed by atoms with Crippen molar-refractivity contribution < 1.29 is 8.98 Å². The molecule has 53 heavy (non-hydrogen) atoms. The Balaban J connectivity index is 1.27. The van der Waals surface area contributed by atoms with E-state index in [1.807, 2.05) is 24.3 Å². The van der Waals surface area contributed by atoms with Crippen molar-refractivity contribution in [3.05, 3.63) is 150 Å². The Morgan fingerprint density at radius 1 is 0.906 bits per heavy atom. The summed E-state index contributed by atoms with van der Waals surface area (Å²) in [5.74, 6) is 0.737. The molecule has 5 heterocycles. The highest BCUT2D eigenvalue weighted by molar-refractivity contribution is 6.89. The van der Waals surface area contributed by atoms with E-state index in [1.54, 1.807) is 0 Å². The number of furan rings is 1. The molecule has 7 aromatic rings. The zero-order chi connectivity index (χ0) is 36.6. The fraction of sp³-hybridized carbons (Fsp3) is 0.229. The molecule has 2 aliphatic heterocycles. The van der Waals surface area contributed by atoms with E-state index < -0.39 is 8.07 Å². The first kappa shape index (κ1) is 33.4. The van der Waals surface area contributed by atoms with Crippen LogP contribution >= 0.6 is 0 Å². The molecule has 0 saturated heterocycles. The molecule has 262 valence electrons. The van der Waals surface area contributed by atoms with Crippen LogP contribution in [-0.2, 0) is 12.8 Å². The summed E-state index contributed by atoms with van der Waals surface area (Å²) in [6, 6.07) is 35.1. The van der Waals surface area contributed by atoms with Gasteiger partial charge in [0.1, 0.15) is 11.3 Å². The first-order valence-corrected chi connectivity index (χ1v) is 22.5. The number of benzene rings is 4. The standard InChI is InChI=1S/C48H46N3OSi/c1-8-41-45-32(19-21-37-38-22-23-42(31-14-10-9-11-15-31)50-48(38)52-47(37)45)18-20-36-39-25-33-16-12-13-17-34(33)26-40(39)43-27-35(24-29(2)3)44(53(5,6)7)28-51(43)46(36)30(4)49-41/h8-17,19,21-23,25-29,36,46H,1,4,18,20,24H2,2-3,5-7H3/q+1/b49-41-. The molecule has 0 fully saturated rings. The van der Waals surface area contributed by atoms with Gasteiger partial charge in [-0.2, -0.15) is 4.57 Å². The number of hydrogen-bond donors (Lipinski definition) is 0. The number of aliphatic imine (C=N–C) groups is 1. The Hall–Kier alpha value is -5.39. The summed E-state index contributed by atoms with van der Waals surface area (Å²) < 4.78 is 9.27. The average molecular weight is 709 g/mol. The van der Waals surface area contributed by atoms with Gasteiger partial charge in [-0.15, -0.1) is 0 Å². The smallest absolute Gasteiger partial charge is 0.227 e. The van der Waals surface area contributed by atoms with Gasteiger partial charge in [-0.25, -0.2) is 9.98 Å². The van der Waals surface area contributed by atoms with Crippen LogP contribution in [0.25, 0.3) is 55.4 Å². The third kappa shape index (κ3) is 5.61. The highest BCUT2D eigenvalue weighted by Crippen LogP contribution is 2.47. The molecule has 5 heteroatoms. The second-order valence-corrected chi connectivity index (χ2v) is 21.5. The molecule has 0 amide bonds. The minimum Gasteiger partial charge on any atom is -0.437 e. The second-order valence-electron chi connectivity index (χ2n) is 16.4. The van der Waals surface area contributed by atoms with Crippen molar-refractivity contribution >= 4 is 51.8 Å². The third-order valence-electron chi connectivity index (χ3n) is 11.4. The lowest BCUT2D eigenvalue weighted by Gasteiger charge is -2.33. The van der Waals surface area contributed by atoms with Gasteiger partial charge < -0.3 is 4.42 Å². The van der Waals surface area contributed by atoms with Gasteiger partial charge in [0.05, 0.1) is 31.0 Å². The van der Waals surface area contributed by atoms with Gasteiger partial charge in [0.25, 0.3) is 0 Å². The van der Waals surface area contributed by atoms with E-state index in [1.165, 1.54) is 43.9 Å². The van der Waals surface area contributed by atoms with Crippen LogP contribution in [0.1, 0.15) is 54.5 Å². The maximum absolute atomic E-state index is 6.72. The summed E-state index contributed by atoms with van der Waals surface area (Å²) in [4.78, 5) is 10.4. The van der Waals surface area contributed by atoms with Crippen molar-refractivity contribution in [2.75, 3.05) is 0 Å². The van der Waals surface area contributed by atoms with Crippen LogP contribution in [0.5, 0.6) is 0 Å². The van der Waals surface area contributed by atoms with Crippen LogP contribution in [0, 0.1) is 5.92 Å². The molecule has 2 unspecified atom stereocenters. The molecular formula is C48H46N3OSi+. The predicted molar refractivity (Wildman–Crippen MR) is 224 cm³/mol. The largest absolute Gasteiger partial charge is 0.437 e. The quantitative estimate of drug-likeness (QED) is 0.132. The molecule has 9 rings (SSSR count). The minimum atomic E-state index is -1.72. The van der Waals surface area contributed by atoms with Crippen molar-refractivity contribution in [1.82, 2.24) is 4.98 Å². The topological polar surface area (TPSA) is 42.3 Å². The molecular weight excluding hydrogens is 663 g/mol. The van der Waals surface area contributed by atoms with Gasteiger partial charge in [-0.05, 0) is 83.0 Å². The van der Waals surface area contributed by atoms with Gasteiger partial charge in [-0.3, -0.25) is 0 Å². The zero-order valence-corrected chi connectivity index (χ0v) is 32.4. The van der Waals surface area contributed by atoms with E-state index in [-0.39, 0.29) is 12.0 Å². The number of allylic oxidation sites excluding steroid dienone is 2. The molecule has 0 spiro atoms. The van der Waals surface area contributed by atoms with Crippen molar-refractivity contribution in [3.63, 3.8) is 0 Å². The Morgan fingerprint density at radius 3 is 2.38 bits per heavy atom. The summed E-state index contributed by atoms with van der Waals surface area (Å²) in [6.45, 7) is 21.2. The summed E-state index contributed by atoms with van der Waals surface area (Å²) in [6.07, 6.45) is 7.25. The van der Waals surface area contributed by atoms with Gasteiger partial charge in [0.2, 0.25) is 17.4 Å². The molecule has 0 saturated carbocycles. The van der Waals surface area contributed by atoms with Crippen LogP contribution in [0.3, 0.4) is 0 Å². The Labute approximate surface area is 313 Å². The van der Waals surface area contributed by atoms with E-state index >= 15 is 0 Å². The Morgan fingerprint density at radius 2 is 1.64 bits per heavy atom. The Kier molecular flexibility index (Phi) is 7.97. The summed E-state index contributed by atoms with van der Waals surface area (Å²) in [5, 5.41) is 6.10. The number of hydrogen-bond acceptors (Lipinski definition) is 3. The zero-order valence-electron chi connectivity index (χ0n) is 31.4.